The molecule has 6 heteroatoms. The molecule has 178 valence electrons. The quantitative estimate of drug-likeness (QED) is 0.189. The van der Waals surface area contributed by atoms with Crippen molar-refractivity contribution in [3.05, 3.63) is 23.6 Å². The van der Waals surface area contributed by atoms with Crippen LogP contribution in [0.25, 0.3) is 0 Å². The van der Waals surface area contributed by atoms with Crippen LogP contribution in [0.4, 0.5) is 0 Å². The number of rotatable bonds is 19. The van der Waals surface area contributed by atoms with Gasteiger partial charge in [-0.2, -0.15) is 0 Å². The highest BCUT2D eigenvalue weighted by Gasteiger charge is 2.53. The van der Waals surface area contributed by atoms with Gasteiger partial charge in [0, 0.05) is 37.5 Å². The molecule has 0 aromatic rings. The first-order valence-corrected chi connectivity index (χ1v) is 16.3. The van der Waals surface area contributed by atoms with Crippen LogP contribution in [0.2, 0.25) is 11.1 Å². The molecule has 4 nitrogen and oxygen atoms in total. The Morgan fingerprint density at radius 2 is 0.800 bits per heavy atom. The monoisotopic (exact) mass is 458 g/mol. The molecule has 0 fully saturated rings. The predicted molar refractivity (Wildman–Crippen MR) is 134 cm³/mol. The van der Waals surface area contributed by atoms with Crippen LogP contribution in [-0.4, -0.2) is 43.5 Å². The first-order chi connectivity index (χ1) is 14.4. The van der Waals surface area contributed by atoms with Crippen LogP contribution in [0, 0.1) is 0 Å². The zero-order chi connectivity index (χ0) is 22.9. The van der Waals surface area contributed by atoms with Crippen molar-refractivity contribution < 1.29 is 17.7 Å². The van der Waals surface area contributed by atoms with Gasteiger partial charge in [-0.05, 0) is 49.9 Å². The molecule has 0 aliphatic rings. The number of hydrogen-bond acceptors (Lipinski definition) is 4. The Hall–Kier alpha value is -0.246. The highest BCUT2D eigenvalue weighted by atomic mass is 28.4. The van der Waals surface area contributed by atoms with Gasteiger partial charge in [-0.3, -0.25) is 0 Å². The molecule has 0 saturated heterocycles. The average Bonchev–Trinajstić information content (AvgIpc) is 2.77. The van der Waals surface area contributed by atoms with Gasteiger partial charge < -0.3 is 17.7 Å². The molecule has 0 heterocycles. The zero-order valence-electron chi connectivity index (χ0n) is 21.2. The first kappa shape index (κ1) is 29.8. The maximum atomic E-state index is 6.59. The van der Waals surface area contributed by atoms with Crippen molar-refractivity contribution in [2.45, 2.75) is 105 Å². The molecule has 0 spiro atoms. The van der Waals surface area contributed by atoms with Crippen LogP contribution in [0.1, 0.15) is 93.9 Å². The van der Waals surface area contributed by atoms with Crippen molar-refractivity contribution in [2.24, 2.45) is 0 Å². The van der Waals surface area contributed by atoms with Gasteiger partial charge in [0.15, 0.2) is 0 Å². The van der Waals surface area contributed by atoms with Crippen LogP contribution in [0.15, 0.2) is 23.6 Å². The summed E-state index contributed by atoms with van der Waals surface area (Å²) < 4.78 is 26.4. The molecule has 30 heavy (non-hydrogen) atoms. The molecule has 0 aromatic carbocycles. The second-order valence-corrected chi connectivity index (χ2v) is 14.6. The van der Waals surface area contributed by atoms with E-state index in [1.165, 1.54) is 0 Å². The van der Waals surface area contributed by atoms with Crippen molar-refractivity contribution in [2.75, 3.05) is 26.4 Å². The third-order valence-corrected chi connectivity index (χ3v) is 13.2. The van der Waals surface area contributed by atoms with Crippen LogP contribution in [0.5, 0.6) is 0 Å². The second kappa shape index (κ2) is 17.3. The Balaban J connectivity index is 6.21. The van der Waals surface area contributed by atoms with E-state index in [-0.39, 0.29) is 11.1 Å². The van der Waals surface area contributed by atoms with Gasteiger partial charge in [0.1, 0.15) is 0 Å². The van der Waals surface area contributed by atoms with Gasteiger partial charge in [-0.25, -0.2) is 0 Å². The van der Waals surface area contributed by atoms with E-state index in [0.29, 0.717) is 0 Å². The maximum absolute atomic E-state index is 6.59. The zero-order valence-corrected chi connectivity index (χ0v) is 23.2. The molecule has 0 rings (SSSR count). The summed E-state index contributed by atoms with van der Waals surface area (Å²) in [6.45, 7) is 20.5. The molecule has 0 aromatic heterocycles. The molecule has 0 amide bonds. The molecular weight excluding hydrogens is 408 g/mol. The summed E-state index contributed by atoms with van der Waals surface area (Å²) in [6, 6.07) is 0. The van der Waals surface area contributed by atoms with Gasteiger partial charge in [0.05, 0.1) is 0 Å². The summed E-state index contributed by atoms with van der Waals surface area (Å²) in [5.41, 5.74) is 5.00. The minimum atomic E-state index is -2.59. The lowest BCUT2D eigenvalue weighted by atomic mass is 10.3. The van der Waals surface area contributed by atoms with Crippen molar-refractivity contribution >= 4 is 17.1 Å². The minimum Gasteiger partial charge on any atom is -0.391 e. The van der Waals surface area contributed by atoms with Crippen molar-refractivity contribution in [3.8, 4) is 0 Å². The van der Waals surface area contributed by atoms with Crippen LogP contribution in [0.3, 0.4) is 0 Å². The molecule has 0 bridgehead atoms. The van der Waals surface area contributed by atoms with Gasteiger partial charge in [-0.1, -0.05) is 67.5 Å². The SMILES string of the molecule is CCC=C[Si](OCCC)(OCCC)C(C)C(C)[Si](C=CCC)(OCCC)OCCC. The Morgan fingerprint density at radius 3 is 1.00 bits per heavy atom. The second-order valence-electron chi connectivity index (χ2n) is 8.04. The summed E-state index contributed by atoms with van der Waals surface area (Å²) in [4.78, 5) is 0. The molecule has 0 N–H and O–H groups in total. The largest absolute Gasteiger partial charge is 0.391 e. The van der Waals surface area contributed by atoms with E-state index < -0.39 is 17.1 Å². The molecule has 0 saturated carbocycles. The summed E-state index contributed by atoms with van der Waals surface area (Å²) in [7, 11) is -5.18. The van der Waals surface area contributed by atoms with Crippen molar-refractivity contribution in [3.63, 3.8) is 0 Å². The predicted octanol–water partition coefficient (Wildman–Crippen LogP) is 7.37. The van der Waals surface area contributed by atoms with E-state index in [2.05, 4.69) is 78.9 Å². The summed E-state index contributed by atoms with van der Waals surface area (Å²) >= 11 is 0. The fourth-order valence-electron chi connectivity index (χ4n) is 3.41. The highest BCUT2D eigenvalue weighted by molar-refractivity contribution is 6.80. The standard InChI is InChI=1S/C24H50O4Si2/c1-9-15-21-29(25-17-11-3,26-18-12-4)23(7)24(8)30(22-16-10-2,27-19-13-5)28-20-14-6/h15-16,21-24H,9-14,17-20H2,1-8H3. The number of hydrogen-bond donors (Lipinski definition) is 0. The Kier molecular flexibility index (Phi) is 17.2. The molecule has 0 aliphatic heterocycles. The third kappa shape index (κ3) is 9.49. The average molecular weight is 459 g/mol. The molecule has 2 unspecified atom stereocenters. The lowest BCUT2D eigenvalue weighted by Gasteiger charge is -2.42. The third-order valence-electron chi connectivity index (χ3n) is 5.32. The van der Waals surface area contributed by atoms with E-state index in [0.717, 1.165) is 65.0 Å². The Labute approximate surface area is 189 Å². The summed E-state index contributed by atoms with van der Waals surface area (Å²) in [5, 5.41) is 0. The molecular formula is C24H50O4Si2. The van der Waals surface area contributed by atoms with Gasteiger partial charge >= 0.3 is 17.1 Å². The Bertz CT molecular complexity index is 410. The van der Waals surface area contributed by atoms with Gasteiger partial charge in [0.25, 0.3) is 0 Å². The smallest absolute Gasteiger partial charge is 0.367 e. The van der Waals surface area contributed by atoms with E-state index in [1.54, 1.807) is 0 Å². The fourth-order valence-corrected chi connectivity index (χ4v) is 11.6. The van der Waals surface area contributed by atoms with Crippen LogP contribution < -0.4 is 0 Å². The summed E-state index contributed by atoms with van der Waals surface area (Å²) in [5.74, 6) is 0. The van der Waals surface area contributed by atoms with Gasteiger partial charge in [0.2, 0.25) is 0 Å². The highest BCUT2D eigenvalue weighted by Crippen LogP contribution is 2.43. The van der Waals surface area contributed by atoms with Crippen molar-refractivity contribution in [1.29, 1.82) is 0 Å². The first-order valence-electron chi connectivity index (χ1n) is 12.3. The van der Waals surface area contributed by atoms with Crippen LogP contribution in [-0.2, 0) is 17.7 Å². The van der Waals surface area contributed by atoms with E-state index >= 15 is 0 Å². The molecule has 0 radical (unpaired) electrons. The van der Waals surface area contributed by atoms with Gasteiger partial charge in [-0.15, -0.1) is 0 Å². The number of allylic oxidation sites excluding steroid dienone is 2. The normalized spacial score (nSPS) is 15.3. The van der Waals surface area contributed by atoms with E-state index in [4.69, 9.17) is 17.7 Å². The topological polar surface area (TPSA) is 36.9 Å². The maximum Gasteiger partial charge on any atom is 0.367 e. The molecule has 2 atom stereocenters. The minimum absolute atomic E-state index is 0.222. The van der Waals surface area contributed by atoms with Crippen molar-refractivity contribution in [1.82, 2.24) is 0 Å². The van der Waals surface area contributed by atoms with E-state index in [9.17, 15) is 0 Å². The summed E-state index contributed by atoms with van der Waals surface area (Å²) in [6.07, 6.45) is 10.4. The fraction of sp³-hybridized carbons (Fsp3) is 0.833. The van der Waals surface area contributed by atoms with E-state index in [1.807, 2.05) is 0 Å². The van der Waals surface area contributed by atoms with Crippen LogP contribution >= 0.6 is 0 Å². The lowest BCUT2D eigenvalue weighted by Crippen LogP contribution is -2.54. The lowest BCUT2D eigenvalue weighted by molar-refractivity contribution is 0.151. The molecule has 0 aliphatic carbocycles. The Morgan fingerprint density at radius 1 is 0.533 bits per heavy atom.